The molecule has 2 aromatic carbocycles. The summed E-state index contributed by atoms with van der Waals surface area (Å²) in [5.74, 6) is -0.717. The van der Waals surface area contributed by atoms with E-state index in [2.05, 4.69) is 30.4 Å². The molecule has 0 spiro atoms. The number of benzene rings is 2. The number of aryl methyl sites for hydroxylation is 1. The van der Waals surface area contributed by atoms with Crippen molar-refractivity contribution < 1.29 is 8.78 Å². The van der Waals surface area contributed by atoms with Crippen LogP contribution in [0.25, 0.3) is 0 Å². The molecule has 0 aliphatic carbocycles. The quantitative estimate of drug-likeness (QED) is 0.850. The van der Waals surface area contributed by atoms with E-state index in [0.717, 1.165) is 19.0 Å². The van der Waals surface area contributed by atoms with Crippen LogP contribution in [0.4, 0.5) is 8.78 Å². The summed E-state index contributed by atoms with van der Waals surface area (Å²) in [6.07, 6.45) is 1.55. The molecule has 0 amide bonds. The van der Waals surface area contributed by atoms with Crippen LogP contribution in [-0.4, -0.2) is 13.6 Å². The maximum atomic E-state index is 13.3. The second-order valence-electron chi connectivity index (χ2n) is 5.60. The van der Waals surface area contributed by atoms with Gasteiger partial charge in [-0.05, 0) is 62.5 Å². The highest BCUT2D eigenvalue weighted by molar-refractivity contribution is 5.24. The molecule has 0 aromatic heterocycles. The summed E-state index contributed by atoms with van der Waals surface area (Å²) in [6.45, 7) is 2.88. The Morgan fingerprint density at radius 1 is 0.952 bits per heavy atom. The van der Waals surface area contributed by atoms with E-state index in [1.54, 1.807) is 0 Å². The van der Waals surface area contributed by atoms with Gasteiger partial charge in [-0.25, -0.2) is 8.78 Å². The second kappa shape index (κ2) is 7.32. The molecule has 0 saturated heterocycles. The molecule has 0 fully saturated rings. The highest BCUT2D eigenvalue weighted by atomic mass is 19.1. The smallest absolute Gasteiger partial charge is 0.126 e. The van der Waals surface area contributed by atoms with Crippen LogP contribution in [0.2, 0.25) is 0 Å². The first-order valence-electron chi connectivity index (χ1n) is 7.22. The van der Waals surface area contributed by atoms with Crippen molar-refractivity contribution in [3.05, 3.63) is 70.8 Å². The molecule has 1 atom stereocenters. The number of rotatable bonds is 6. The SMILES string of the molecule is CNCC(Cc1cccc(C)c1)Cc1cc(F)cc(F)c1. The predicted octanol–water partition coefficient (Wildman–Crippen LogP) is 3.89. The Labute approximate surface area is 125 Å². The fraction of sp³-hybridized carbons (Fsp3) is 0.333. The lowest BCUT2D eigenvalue weighted by atomic mass is 9.92. The molecule has 0 saturated carbocycles. The Balaban J connectivity index is 2.11. The number of nitrogens with one attached hydrogen (secondary N) is 1. The lowest BCUT2D eigenvalue weighted by molar-refractivity contribution is 0.489. The van der Waals surface area contributed by atoms with Gasteiger partial charge >= 0.3 is 0 Å². The van der Waals surface area contributed by atoms with Crippen LogP contribution in [0, 0.1) is 24.5 Å². The van der Waals surface area contributed by atoms with Crippen LogP contribution < -0.4 is 5.32 Å². The summed E-state index contributed by atoms with van der Waals surface area (Å²) in [6, 6.07) is 12.1. The molecule has 0 aliphatic heterocycles. The molecule has 0 radical (unpaired) electrons. The van der Waals surface area contributed by atoms with Crippen LogP contribution in [0.1, 0.15) is 16.7 Å². The molecular formula is C18H21F2N. The summed E-state index contributed by atoms with van der Waals surface area (Å²) in [5.41, 5.74) is 3.19. The molecular weight excluding hydrogens is 268 g/mol. The van der Waals surface area contributed by atoms with Gasteiger partial charge in [-0.1, -0.05) is 29.8 Å². The van der Waals surface area contributed by atoms with Crippen molar-refractivity contribution in [2.24, 2.45) is 5.92 Å². The van der Waals surface area contributed by atoms with Crippen LogP contribution in [0.15, 0.2) is 42.5 Å². The fourth-order valence-electron chi connectivity index (χ4n) is 2.74. The van der Waals surface area contributed by atoms with Gasteiger partial charge in [0.25, 0.3) is 0 Å². The van der Waals surface area contributed by atoms with Crippen LogP contribution in [0.5, 0.6) is 0 Å². The molecule has 0 bridgehead atoms. The third-order valence-corrected chi connectivity index (χ3v) is 3.55. The predicted molar refractivity (Wildman–Crippen MR) is 82.4 cm³/mol. The first-order valence-corrected chi connectivity index (χ1v) is 7.22. The zero-order chi connectivity index (χ0) is 15.2. The van der Waals surface area contributed by atoms with E-state index in [0.29, 0.717) is 17.9 Å². The zero-order valence-corrected chi connectivity index (χ0v) is 12.5. The Morgan fingerprint density at radius 2 is 1.62 bits per heavy atom. The first kappa shape index (κ1) is 15.6. The molecule has 3 heteroatoms. The molecule has 1 N–H and O–H groups in total. The highest BCUT2D eigenvalue weighted by Gasteiger charge is 2.12. The fourth-order valence-corrected chi connectivity index (χ4v) is 2.74. The maximum absolute atomic E-state index is 13.3. The third-order valence-electron chi connectivity index (χ3n) is 3.55. The first-order chi connectivity index (χ1) is 10.1. The minimum Gasteiger partial charge on any atom is -0.319 e. The minimum absolute atomic E-state index is 0.304. The van der Waals surface area contributed by atoms with Crippen molar-refractivity contribution in [1.82, 2.24) is 5.32 Å². The minimum atomic E-state index is -0.510. The summed E-state index contributed by atoms with van der Waals surface area (Å²) < 4.78 is 26.6. The molecule has 2 rings (SSSR count). The van der Waals surface area contributed by atoms with Crippen molar-refractivity contribution in [1.29, 1.82) is 0 Å². The van der Waals surface area contributed by atoms with Crippen LogP contribution >= 0.6 is 0 Å². The average Bonchev–Trinajstić information content (AvgIpc) is 2.37. The van der Waals surface area contributed by atoms with Crippen molar-refractivity contribution in [2.75, 3.05) is 13.6 Å². The molecule has 0 aliphatic rings. The number of hydrogen-bond acceptors (Lipinski definition) is 1. The van der Waals surface area contributed by atoms with Gasteiger partial charge in [0.15, 0.2) is 0 Å². The van der Waals surface area contributed by atoms with Crippen molar-refractivity contribution in [3.8, 4) is 0 Å². The molecule has 2 aromatic rings. The lowest BCUT2D eigenvalue weighted by Gasteiger charge is -2.17. The van der Waals surface area contributed by atoms with E-state index in [1.165, 1.54) is 23.3 Å². The van der Waals surface area contributed by atoms with E-state index >= 15 is 0 Å². The van der Waals surface area contributed by atoms with Crippen molar-refractivity contribution in [2.45, 2.75) is 19.8 Å². The Hall–Kier alpha value is -1.74. The normalized spacial score (nSPS) is 12.4. The van der Waals surface area contributed by atoms with Gasteiger partial charge in [0.05, 0.1) is 0 Å². The van der Waals surface area contributed by atoms with Crippen LogP contribution in [-0.2, 0) is 12.8 Å². The molecule has 112 valence electrons. The largest absolute Gasteiger partial charge is 0.319 e. The van der Waals surface area contributed by atoms with E-state index in [9.17, 15) is 8.78 Å². The Kier molecular flexibility index (Phi) is 5.45. The average molecular weight is 289 g/mol. The van der Waals surface area contributed by atoms with E-state index < -0.39 is 11.6 Å². The van der Waals surface area contributed by atoms with Crippen molar-refractivity contribution in [3.63, 3.8) is 0 Å². The molecule has 0 heterocycles. The topological polar surface area (TPSA) is 12.0 Å². The number of hydrogen-bond donors (Lipinski definition) is 1. The number of halogens is 2. The van der Waals surface area contributed by atoms with Gasteiger partial charge in [-0.15, -0.1) is 0 Å². The summed E-state index contributed by atoms with van der Waals surface area (Å²) >= 11 is 0. The van der Waals surface area contributed by atoms with E-state index in [-0.39, 0.29) is 0 Å². The van der Waals surface area contributed by atoms with Gasteiger partial charge in [0.1, 0.15) is 11.6 Å². The van der Waals surface area contributed by atoms with Gasteiger partial charge in [0, 0.05) is 6.07 Å². The van der Waals surface area contributed by atoms with Crippen molar-refractivity contribution >= 4 is 0 Å². The standard InChI is InChI=1S/C18H21F2N/c1-13-4-3-5-14(6-13)7-16(12-21-2)8-15-9-17(19)11-18(20)10-15/h3-6,9-11,16,21H,7-8,12H2,1-2H3. The van der Waals surface area contributed by atoms with E-state index in [1.807, 2.05) is 13.1 Å². The Bertz CT molecular complexity index is 575. The molecule has 1 nitrogen and oxygen atoms in total. The van der Waals surface area contributed by atoms with Crippen LogP contribution in [0.3, 0.4) is 0 Å². The highest BCUT2D eigenvalue weighted by Crippen LogP contribution is 2.17. The third kappa shape index (κ3) is 4.94. The summed E-state index contributed by atoms with van der Waals surface area (Å²) in [4.78, 5) is 0. The van der Waals surface area contributed by atoms with Gasteiger partial charge in [0.2, 0.25) is 0 Å². The second-order valence-corrected chi connectivity index (χ2v) is 5.60. The Morgan fingerprint density at radius 3 is 2.24 bits per heavy atom. The maximum Gasteiger partial charge on any atom is 0.126 e. The van der Waals surface area contributed by atoms with Gasteiger partial charge in [-0.3, -0.25) is 0 Å². The summed E-state index contributed by atoms with van der Waals surface area (Å²) in [7, 11) is 1.90. The van der Waals surface area contributed by atoms with Gasteiger partial charge < -0.3 is 5.32 Å². The zero-order valence-electron chi connectivity index (χ0n) is 12.5. The van der Waals surface area contributed by atoms with E-state index in [4.69, 9.17) is 0 Å². The van der Waals surface area contributed by atoms with Gasteiger partial charge in [-0.2, -0.15) is 0 Å². The molecule has 1 unspecified atom stereocenters. The molecule has 21 heavy (non-hydrogen) atoms. The summed E-state index contributed by atoms with van der Waals surface area (Å²) in [5, 5.41) is 3.16. The monoisotopic (exact) mass is 289 g/mol. The lowest BCUT2D eigenvalue weighted by Crippen LogP contribution is -2.23.